The van der Waals surface area contributed by atoms with Crippen LogP contribution in [-0.2, 0) is 4.79 Å². The average Bonchev–Trinajstić information content (AvgIpc) is 2.47. The van der Waals surface area contributed by atoms with Crippen LogP contribution in [0.4, 0.5) is 8.78 Å². The Bertz CT molecular complexity index is 548. The minimum atomic E-state index is -0.866. The van der Waals surface area contributed by atoms with Crippen molar-refractivity contribution in [2.24, 2.45) is 5.92 Å². The number of carboxylic acid groups (broad SMARTS) is 1. The Hall–Kier alpha value is -1.98. The van der Waals surface area contributed by atoms with Crippen molar-refractivity contribution in [2.75, 3.05) is 13.1 Å². The summed E-state index contributed by atoms with van der Waals surface area (Å²) in [6.07, 6.45) is 2.14. The van der Waals surface area contributed by atoms with Gasteiger partial charge in [0.15, 0.2) is 0 Å². The van der Waals surface area contributed by atoms with Gasteiger partial charge < -0.3 is 10.0 Å². The van der Waals surface area contributed by atoms with E-state index >= 15 is 0 Å². The molecule has 4 nitrogen and oxygen atoms in total. The fourth-order valence-corrected chi connectivity index (χ4v) is 2.64. The lowest BCUT2D eigenvalue weighted by Gasteiger charge is -2.32. The molecule has 114 valence electrons. The van der Waals surface area contributed by atoms with E-state index in [1.165, 1.54) is 4.90 Å². The Morgan fingerprint density at radius 2 is 2.10 bits per heavy atom. The average molecular weight is 297 g/mol. The fraction of sp³-hybridized carbons (Fsp3) is 0.467. The summed E-state index contributed by atoms with van der Waals surface area (Å²) in [6.45, 7) is 0.875. The minimum Gasteiger partial charge on any atom is -0.481 e. The highest BCUT2D eigenvalue weighted by molar-refractivity contribution is 5.94. The maximum absolute atomic E-state index is 13.6. The van der Waals surface area contributed by atoms with Gasteiger partial charge in [0.25, 0.3) is 5.91 Å². The molecule has 0 radical (unpaired) electrons. The number of amides is 1. The van der Waals surface area contributed by atoms with Crippen molar-refractivity contribution in [3.8, 4) is 0 Å². The van der Waals surface area contributed by atoms with E-state index in [1.807, 2.05) is 0 Å². The summed E-state index contributed by atoms with van der Waals surface area (Å²) >= 11 is 0. The number of halogens is 2. The van der Waals surface area contributed by atoms with E-state index in [0.29, 0.717) is 19.5 Å². The van der Waals surface area contributed by atoms with Crippen molar-refractivity contribution in [1.29, 1.82) is 0 Å². The van der Waals surface area contributed by atoms with Crippen LogP contribution in [0.2, 0.25) is 0 Å². The highest BCUT2D eigenvalue weighted by atomic mass is 19.1. The van der Waals surface area contributed by atoms with Crippen LogP contribution in [0.25, 0.3) is 0 Å². The molecule has 1 fully saturated rings. The number of aliphatic carboxylic acids is 1. The number of carbonyl (C=O) groups excluding carboxylic acids is 1. The smallest absolute Gasteiger partial charge is 0.303 e. The summed E-state index contributed by atoms with van der Waals surface area (Å²) in [5, 5.41) is 8.69. The largest absolute Gasteiger partial charge is 0.481 e. The first-order valence-electron chi connectivity index (χ1n) is 6.93. The number of piperidine rings is 1. The Kier molecular flexibility index (Phi) is 4.88. The van der Waals surface area contributed by atoms with Gasteiger partial charge in [0.2, 0.25) is 0 Å². The second-order valence-corrected chi connectivity index (χ2v) is 5.32. The molecule has 1 aromatic carbocycles. The van der Waals surface area contributed by atoms with Crippen LogP contribution >= 0.6 is 0 Å². The molecular weight excluding hydrogens is 280 g/mol. The first-order valence-corrected chi connectivity index (χ1v) is 6.93. The Labute approximate surface area is 121 Å². The minimum absolute atomic E-state index is 0.0566. The first-order chi connectivity index (χ1) is 9.97. The molecule has 0 aliphatic carbocycles. The van der Waals surface area contributed by atoms with E-state index in [0.717, 1.165) is 31.0 Å². The van der Waals surface area contributed by atoms with Gasteiger partial charge in [0.1, 0.15) is 11.6 Å². The lowest BCUT2D eigenvalue weighted by molar-refractivity contribution is -0.137. The molecule has 1 atom stereocenters. The van der Waals surface area contributed by atoms with Gasteiger partial charge in [0.05, 0.1) is 5.56 Å². The van der Waals surface area contributed by atoms with Gasteiger partial charge in [-0.15, -0.1) is 0 Å². The first kappa shape index (κ1) is 15.4. The lowest BCUT2D eigenvalue weighted by atomic mass is 9.93. The monoisotopic (exact) mass is 297 g/mol. The van der Waals surface area contributed by atoms with Crippen LogP contribution in [0.1, 0.15) is 36.0 Å². The highest BCUT2D eigenvalue weighted by Crippen LogP contribution is 2.23. The molecule has 2 rings (SSSR count). The zero-order valence-corrected chi connectivity index (χ0v) is 11.5. The number of nitrogens with zero attached hydrogens (tertiary/aromatic N) is 1. The molecule has 0 unspecified atom stereocenters. The van der Waals surface area contributed by atoms with Crippen molar-refractivity contribution in [3.05, 3.63) is 35.4 Å². The van der Waals surface area contributed by atoms with Gasteiger partial charge in [-0.3, -0.25) is 9.59 Å². The summed E-state index contributed by atoms with van der Waals surface area (Å²) in [5.74, 6) is -2.70. The summed E-state index contributed by atoms with van der Waals surface area (Å²) in [4.78, 5) is 24.3. The molecular formula is C15H17F2NO3. The third kappa shape index (κ3) is 4.00. The third-order valence-electron chi connectivity index (χ3n) is 3.73. The van der Waals surface area contributed by atoms with Crippen molar-refractivity contribution < 1.29 is 23.5 Å². The molecule has 1 amide bonds. The quantitative estimate of drug-likeness (QED) is 0.929. The molecule has 0 saturated carbocycles. The SMILES string of the molecule is O=C(O)CC[C@@H]1CCCN(C(=O)c2cc(F)ccc2F)C1. The number of carbonyl (C=O) groups is 2. The van der Waals surface area contributed by atoms with E-state index in [2.05, 4.69) is 0 Å². The number of hydrogen-bond acceptors (Lipinski definition) is 2. The summed E-state index contributed by atoms with van der Waals surface area (Å²) < 4.78 is 26.8. The van der Waals surface area contributed by atoms with Crippen molar-refractivity contribution in [2.45, 2.75) is 25.7 Å². The molecule has 1 aliphatic heterocycles. The van der Waals surface area contributed by atoms with Crippen LogP contribution in [0.3, 0.4) is 0 Å². The van der Waals surface area contributed by atoms with Crippen molar-refractivity contribution in [1.82, 2.24) is 4.90 Å². The Morgan fingerprint density at radius 1 is 1.33 bits per heavy atom. The predicted molar refractivity (Wildman–Crippen MR) is 71.9 cm³/mol. The van der Waals surface area contributed by atoms with E-state index in [9.17, 15) is 18.4 Å². The number of benzene rings is 1. The number of likely N-dealkylation sites (tertiary alicyclic amines) is 1. The standard InChI is InChI=1S/C15H17F2NO3/c16-11-4-5-13(17)12(8-11)15(21)18-7-1-2-10(9-18)3-6-14(19)20/h4-5,8,10H,1-3,6-7,9H2,(H,19,20)/t10-/m0/s1. The summed E-state index contributed by atoms with van der Waals surface area (Å²) in [6, 6.07) is 2.81. The van der Waals surface area contributed by atoms with Crippen LogP contribution < -0.4 is 0 Å². The maximum atomic E-state index is 13.6. The van der Waals surface area contributed by atoms with Gasteiger partial charge in [-0.1, -0.05) is 0 Å². The van der Waals surface area contributed by atoms with E-state index < -0.39 is 23.5 Å². The summed E-state index contributed by atoms with van der Waals surface area (Å²) in [7, 11) is 0. The summed E-state index contributed by atoms with van der Waals surface area (Å²) in [5.41, 5.74) is -0.270. The van der Waals surface area contributed by atoms with Gasteiger partial charge in [-0.05, 0) is 43.4 Å². The molecule has 1 heterocycles. The molecule has 1 aliphatic rings. The molecule has 0 aromatic heterocycles. The second-order valence-electron chi connectivity index (χ2n) is 5.32. The van der Waals surface area contributed by atoms with Crippen molar-refractivity contribution in [3.63, 3.8) is 0 Å². The van der Waals surface area contributed by atoms with Gasteiger partial charge in [0, 0.05) is 19.5 Å². The Morgan fingerprint density at radius 3 is 2.81 bits per heavy atom. The normalized spacial score (nSPS) is 18.6. The lowest BCUT2D eigenvalue weighted by Crippen LogP contribution is -2.40. The Balaban J connectivity index is 2.05. The van der Waals surface area contributed by atoms with Crippen LogP contribution in [0, 0.1) is 17.6 Å². The van der Waals surface area contributed by atoms with E-state index in [-0.39, 0.29) is 17.9 Å². The number of hydrogen-bond donors (Lipinski definition) is 1. The van der Waals surface area contributed by atoms with Gasteiger partial charge in [-0.25, -0.2) is 8.78 Å². The molecule has 6 heteroatoms. The topological polar surface area (TPSA) is 57.6 Å². The molecule has 21 heavy (non-hydrogen) atoms. The molecule has 0 spiro atoms. The predicted octanol–water partition coefficient (Wildman–Crippen LogP) is 2.68. The zero-order chi connectivity index (χ0) is 15.4. The third-order valence-corrected chi connectivity index (χ3v) is 3.73. The molecule has 1 N–H and O–H groups in total. The van der Waals surface area contributed by atoms with Crippen LogP contribution in [-0.4, -0.2) is 35.0 Å². The number of carboxylic acids is 1. The second kappa shape index (κ2) is 6.65. The van der Waals surface area contributed by atoms with Gasteiger partial charge in [-0.2, -0.15) is 0 Å². The number of rotatable bonds is 4. The highest BCUT2D eigenvalue weighted by Gasteiger charge is 2.26. The van der Waals surface area contributed by atoms with Crippen molar-refractivity contribution >= 4 is 11.9 Å². The van der Waals surface area contributed by atoms with Gasteiger partial charge >= 0.3 is 5.97 Å². The fourth-order valence-electron chi connectivity index (χ4n) is 2.64. The van der Waals surface area contributed by atoms with E-state index in [1.54, 1.807) is 0 Å². The zero-order valence-electron chi connectivity index (χ0n) is 11.5. The van der Waals surface area contributed by atoms with Crippen LogP contribution in [0.15, 0.2) is 18.2 Å². The molecule has 1 aromatic rings. The maximum Gasteiger partial charge on any atom is 0.303 e. The molecule has 1 saturated heterocycles. The van der Waals surface area contributed by atoms with E-state index in [4.69, 9.17) is 5.11 Å². The molecule has 0 bridgehead atoms. The van der Waals surface area contributed by atoms with Crippen LogP contribution in [0.5, 0.6) is 0 Å².